The molecule has 0 fully saturated rings. The van der Waals surface area contributed by atoms with Gasteiger partial charge >= 0.3 is 0 Å². The van der Waals surface area contributed by atoms with E-state index in [1.165, 1.54) is 0 Å². The van der Waals surface area contributed by atoms with E-state index in [9.17, 15) is 0 Å². The first-order valence-electron chi connectivity index (χ1n) is 6.92. The Balaban J connectivity index is 2.28. The van der Waals surface area contributed by atoms with Crippen molar-refractivity contribution in [1.29, 1.82) is 0 Å². The number of aromatic nitrogens is 5. The lowest BCUT2D eigenvalue weighted by Crippen LogP contribution is -2.02. The molecule has 0 aliphatic carbocycles. The highest BCUT2D eigenvalue weighted by Crippen LogP contribution is 2.30. The number of fused-ring (bicyclic) bond motifs is 1. The van der Waals surface area contributed by atoms with Gasteiger partial charge in [0.05, 0.1) is 23.9 Å². The van der Waals surface area contributed by atoms with Gasteiger partial charge in [-0.2, -0.15) is 0 Å². The zero-order chi connectivity index (χ0) is 15.7. The predicted molar refractivity (Wildman–Crippen MR) is 81.6 cm³/mol. The summed E-state index contributed by atoms with van der Waals surface area (Å²) in [6.07, 6.45) is 3.39. The SMILES string of the molecule is C=C(OCC)c1cncc2nc(-c3nonc3N)n(CC)c12. The highest BCUT2D eigenvalue weighted by atomic mass is 16.6. The van der Waals surface area contributed by atoms with E-state index in [0.717, 1.165) is 11.1 Å². The Morgan fingerprint density at radius 2 is 2.18 bits per heavy atom. The maximum Gasteiger partial charge on any atom is 0.199 e. The van der Waals surface area contributed by atoms with E-state index in [4.69, 9.17) is 10.5 Å². The van der Waals surface area contributed by atoms with E-state index in [2.05, 4.69) is 31.5 Å². The molecule has 0 spiro atoms. The Hall–Kier alpha value is -2.90. The number of imidazole rings is 1. The van der Waals surface area contributed by atoms with Crippen molar-refractivity contribution in [2.24, 2.45) is 0 Å². The van der Waals surface area contributed by atoms with Gasteiger partial charge in [0.25, 0.3) is 0 Å². The molecule has 0 saturated heterocycles. The second kappa shape index (κ2) is 5.47. The third-order valence-electron chi connectivity index (χ3n) is 3.31. The first kappa shape index (κ1) is 14.1. The number of aryl methyl sites for hydroxylation is 1. The third-order valence-corrected chi connectivity index (χ3v) is 3.31. The van der Waals surface area contributed by atoms with Crippen LogP contribution in [-0.2, 0) is 11.3 Å². The van der Waals surface area contributed by atoms with Gasteiger partial charge in [0, 0.05) is 12.7 Å². The minimum absolute atomic E-state index is 0.197. The molecule has 0 aromatic carbocycles. The molecular weight excluding hydrogens is 284 g/mol. The molecule has 0 aliphatic heterocycles. The van der Waals surface area contributed by atoms with Crippen LogP contribution in [0.25, 0.3) is 28.3 Å². The minimum Gasteiger partial charge on any atom is -0.494 e. The number of hydrogen-bond acceptors (Lipinski definition) is 7. The van der Waals surface area contributed by atoms with Crippen molar-refractivity contribution < 1.29 is 9.37 Å². The van der Waals surface area contributed by atoms with Gasteiger partial charge in [0.1, 0.15) is 11.3 Å². The number of nitrogens with zero attached hydrogens (tertiary/aromatic N) is 5. The van der Waals surface area contributed by atoms with Crippen LogP contribution >= 0.6 is 0 Å². The van der Waals surface area contributed by atoms with Crippen LogP contribution in [0.2, 0.25) is 0 Å². The Morgan fingerprint density at radius 3 is 2.82 bits per heavy atom. The fraction of sp³-hybridized carbons (Fsp3) is 0.286. The molecule has 114 valence electrons. The normalized spacial score (nSPS) is 11.0. The Labute approximate surface area is 126 Å². The maximum atomic E-state index is 5.78. The molecule has 2 N–H and O–H groups in total. The fourth-order valence-corrected chi connectivity index (χ4v) is 2.38. The highest BCUT2D eigenvalue weighted by Gasteiger charge is 2.21. The van der Waals surface area contributed by atoms with Crippen molar-refractivity contribution in [3.05, 3.63) is 24.5 Å². The van der Waals surface area contributed by atoms with Gasteiger partial charge in [0.2, 0.25) is 0 Å². The zero-order valence-corrected chi connectivity index (χ0v) is 12.4. The first-order valence-corrected chi connectivity index (χ1v) is 6.92. The molecule has 8 nitrogen and oxygen atoms in total. The summed E-state index contributed by atoms with van der Waals surface area (Å²) < 4.78 is 12.2. The summed E-state index contributed by atoms with van der Waals surface area (Å²) >= 11 is 0. The average molecular weight is 300 g/mol. The number of nitrogens with two attached hydrogens (primary N) is 1. The largest absolute Gasteiger partial charge is 0.494 e. The van der Waals surface area contributed by atoms with Crippen LogP contribution in [-0.4, -0.2) is 31.5 Å². The summed E-state index contributed by atoms with van der Waals surface area (Å²) in [6, 6.07) is 0. The van der Waals surface area contributed by atoms with Crippen molar-refractivity contribution in [1.82, 2.24) is 24.8 Å². The maximum absolute atomic E-state index is 5.78. The van der Waals surface area contributed by atoms with Gasteiger partial charge in [-0.25, -0.2) is 9.61 Å². The molecule has 0 atom stereocenters. The lowest BCUT2D eigenvalue weighted by molar-refractivity contribution is 0.299. The Bertz CT molecular complexity index is 835. The second-order valence-corrected chi connectivity index (χ2v) is 4.59. The van der Waals surface area contributed by atoms with E-state index in [1.54, 1.807) is 12.4 Å². The molecule has 3 rings (SSSR count). The van der Waals surface area contributed by atoms with Gasteiger partial charge in [-0.05, 0) is 24.2 Å². The Kier molecular flexibility index (Phi) is 3.50. The van der Waals surface area contributed by atoms with Crippen molar-refractivity contribution in [2.75, 3.05) is 12.3 Å². The number of hydrogen-bond donors (Lipinski definition) is 1. The van der Waals surface area contributed by atoms with Crippen LogP contribution in [0.15, 0.2) is 23.6 Å². The number of ether oxygens (including phenoxy) is 1. The van der Waals surface area contributed by atoms with E-state index in [0.29, 0.717) is 35.9 Å². The fourth-order valence-electron chi connectivity index (χ4n) is 2.38. The van der Waals surface area contributed by atoms with Crippen LogP contribution in [0.4, 0.5) is 5.82 Å². The van der Waals surface area contributed by atoms with Crippen LogP contribution < -0.4 is 5.73 Å². The summed E-state index contributed by atoms with van der Waals surface area (Å²) in [5, 5.41) is 7.44. The lowest BCUT2D eigenvalue weighted by atomic mass is 10.2. The summed E-state index contributed by atoms with van der Waals surface area (Å²) in [5.74, 6) is 1.32. The summed E-state index contributed by atoms with van der Waals surface area (Å²) in [5.41, 5.74) is 8.56. The molecule has 0 amide bonds. The van der Waals surface area contributed by atoms with E-state index in [1.807, 2.05) is 18.4 Å². The number of nitrogen functional groups attached to an aromatic ring is 1. The van der Waals surface area contributed by atoms with Crippen LogP contribution in [0.3, 0.4) is 0 Å². The third kappa shape index (κ3) is 2.09. The molecule has 0 unspecified atom stereocenters. The van der Waals surface area contributed by atoms with Gasteiger partial charge < -0.3 is 15.0 Å². The molecule has 3 heterocycles. The van der Waals surface area contributed by atoms with E-state index >= 15 is 0 Å². The second-order valence-electron chi connectivity index (χ2n) is 4.59. The molecule has 0 radical (unpaired) electrons. The number of anilines is 1. The standard InChI is InChI=1S/C14H16N6O2/c1-4-20-12-9(8(3)21-5-2)6-16-7-10(12)17-14(20)11-13(15)19-22-18-11/h6-7H,3-5H2,1-2H3,(H2,15,19). The van der Waals surface area contributed by atoms with Crippen LogP contribution in [0.1, 0.15) is 19.4 Å². The highest BCUT2D eigenvalue weighted by molar-refractivity contribution is 5.89. The van der Waals surface area contributed by atoms with Crippen LogP contribution in [0.5, 0.6) is 0 Å². The summed E-state index contributed by atoms with van der Waals surface area (Å²) in [4.78, 5) is 8.75. The number of pyridine rings is 1. The van der Waals surface area contributed by atoms with Gasteiger partial charge in [-0.3, -0.25) is 4.98 Å². The smallest absolute Gasteiger partial charge is 0.199 e. The molecule has 0 bridgehead atoms. The van der Waals surface area contributed by atoms with Crippen molar-refractivity contribution >= 4 is 22.6 Å². The van der Waals surface area contributed by atoms with Gasteiger partial charge in [0.15, 0.2) is 17.3 Å². The molecule has 0 saturated carbocycles. The van der Waals surface area contributed by atoms with E-state index in [-0.39, 0.29) is 5.82 Å². The number of rotatable bonds is 5. The quantitative estimate of drug-likeness (QED) is 0.719. The Morgan fingerprint density at radius 1 is 1.36 bits per heavy atom. The molecule has 8 heteroatoms. The van der Waals surface area contributed by atoms with Gasteiger partial charge in [-0.1, -0.05) is 6.58 Å². The van der Waals surface area contributed by atoms with Crippen molar-refractivity contribution in [2.45, 2.75) is 20.4 Å². The monoisotopic (exact) mass is 300 g/mol. The minimum atomic E-state index is 0.197. The molecule has 22 heavy (non-hydrogen) atoms. The predicted octanol–water partition coefficient (Wildman–Crippen LogP) is 2.09. The first-order chi connectivity index (χ1) is 10.7. The zero-order valence-electron chi connectivity index (χ0n) is 12.4. The topological polar surface area (TPSA) is 105 Å². The summed E-state index contributed by atoms with van der Waals surface area (Å²) in [7, 11) is 0. The molecule has 0 aliphatic rings. The molecule has 3 aromatic heterocycles. The van der Waals surface area contributed by atoms with E-state index < -0.39 is 0 Å². The van der Waals surface area contributed by atoms with Crippen molar-refractivity contribution in [3.8, 4) is 11.5 Å². The molecular formula is C14H16N6O2. The molecule has 3 aromatic rings. The lowest BCUT2D eigenvalue weighted by Gasteiger charge is -2.10. The summed E-state index contributed by atoms with van der Waals surface area (Å²) in [6.45, 7) is 9.05. The van der Waals surface area contributed by atoms with Crippen molar-refractivity contribution in [3.63, 3.8) is 0 Å². The average Bonchev–Trinajstić information content (AvgIpc) is 3.09. The van der Waals surface area contributed by atoms with Gasteiger partial charge in [-0.15, -0.1) is 0 Å². The van der Waals surface area contributed by atoms with Crippen LogP contribution in [0, 0.1) is 0 Å².